The first-order valence-corrected chi connectivity index (χ1v) is 12.1. The van der Waals surface area contributed by atoms with Crippen LogP contribution in [0.5, 0.6) is 5.75 Å². The van der Waals surface area contributed by atoms with Crippen LogP contribution in [0.1, 0.15) is 32.0 Å². The Morgan fingerprint density at radius 3 is 2.26 bits per heavy atom. The Balaban J connectivity index is 1.30. The molecule has 2 aliphatic heterocycles. The summed E-state index contributed by atoms with van der Waals surface area (Å²) in [7, 11) is 1.50. The fourth-order valence-electron chi connectivity index (χ4n) is 4.78. The molecule has 1 fully saturated rings. The highest BCUT2D eigenvalue weighted by atomic mass is 19.4. The highest BCUT2D eigenvalue weighted by Gasteiger charge is 2.38. The summed E-state index contributed by atoms with van der Waals surface area (Å²) < 4.78 is 45.5. The van der Waals surface area contributed by atoms with E-state index in [1.54, 1.807) is 11.0 Å². The quantitative estimate of drug-likeness (QED) is 0.489. The molecule has 0 atom stereocenters. The van der Waals surface area contributed by atoms with Gasteiger partial charge in [-0.05, 0) is 35.9 Å². The largest absolute Gasteiger partial charge is 0.496 e. The van der Waals surface area contributed by atoms with Gasteiger partial charge in [0.25, 0.3) is 11.8 Å². The lowest BCUT2D eigenvalue weighted by atomic mass is 10.1. The molecule has 2 aromatic carbocycles. The van der Waals surface area contributed by atoms with Crippen LogP contribution in [0.25, 0.3) is 6.08 Å². The van der Waals surface area contributed by atoms with E-state index < -0.39 is 23.3 Å². The van der Waals surface area contributed by atoms with Crippen LogP contribution in [0.4, 0.5) is 24.5 Å². The fourth-order valence-corrected chi connectivity index (χ4v) is 4.78. The number of fused-ring (bicyclic) bond motifs is 1. The van der Waals surface area contributed by atoms with E-state index in [1.807, 2.05) is 36.4 Å². The topological polar surface area (TPSA) is 66.0 Å². The molecule has 0 saturated carbocycles. The number of carbonyl (C=O) groups excluding carboxylic acids is 2. The molecule has 0 bridgehead atoms. The average molecular weight is 523 g/mol. The second kappa shape index (κ2) is 10.2. The van der Waals surface area contributed by atoms with Crippen LogP contribution >= 0.6 is 0 Å². The number of methoxy groups -OCH3 is 1. The highest BCUT2D eigenvalue weighted by molar-refractivity contribution is 5.98. The van der Waals surface area contributed by atoms with Gasteiger partial charge in [-0.3, -0.25) is 14.6 Å². The van der Waals surface area contributed by atoms with Crippen LogP contribution in [0, 0.1) is 0 Å². The molecule has 0 aliphatic carbocycles. The molecular formula is C28H25F3N4O3. The summed E-state index contributed by atoms with van der Waals surface area (Å²) in [5.41, 5.74) is 1.70. The molecule has 2 amide bonds. The van der Waals surface area contributed by atoms with E-state index >= 15 is 0 Å². The van der Waals surface area contributed by atoms with Gasteiger partial charge in [0.15, 0.2) is 5.69 Å². The zero-order valence-corrected chi connectivity index (χ0v) is 20.6. The van der Waals surface area contributed by atoms with Crippen molar-refractivity contribution in [3.05, 3.63) is 89.3 Å². The van der Waals surface area contributed by atoms with Crippen molar-refractivity contribution in [3.63, 3.8) is 0 Å². The maximum atomic E-state index is 13.4. The van der Waals surface area contributed by atoms with Crippen molar-refractivity contribution in [3.8, 4) is 5.75 Å². The molecule has 2 aliphatic rings. The van der Waals surface area contributed by atoms with Crippen LogP contribution in [0.3, 0.4) is 0 Å². The van der Waals surface area contributed by atoms with Crippen molar-refractivity contribution in [2.75, 3.05) is 44.7 Å². The standard InChI is InChI=1S/C28H25F3N4O3/c1-38-24-18-20(35-13-5-7-19-6-2-3-9-23(19)35)10-11-21(24)26(36)33-14-16-34(17-15-33)27(37)22-8-4-12-32-25(22)28(29,30)31/h2-12,18H,13-17H2,1H3. The van der Waals surface area contributed by atoms with Gasteiger partial charge < -0.3 is 19.4 Å². The van der Waals surface area contributed by atoms with Crippen molar-refractivity contribution >= 4 is 29.3 Å². The molecule has 0 radical (unpaired) electrons. The van der Waals surface area contributed by atoms with E-state index in [1.165, 1.54) is 18.1 Å². The number of piperazine rings is 1. The minimum atomic E-state index is -4.74. The lowest BCUT2D eigenvalue weighted by molar-refractivity contribution is -0.141. The first-order chi connectivity index (χ1) is 18.3. The number of halogens is 3. The van der Waals surface area contributed by atoms with E-state index in [-0.39, 0.29) is 32.1 Å². The number of ether oxygens (including phenoxy) is 1. The van der Waals surface area contributed by atoms with Crippen LogP contribution in [-0.4, -0.2) is 66.4 Å². The molecule has 38 heavy (non-hydrogen) atoms. The van der Waals surface area contributed by atoms with Crippen molar-refractivity contribution < 1.29 is 27.5 Å². The Labute approximate surface area is 217 Å². The second-order valence-electron chi connectivity index (χ2n) is 8.94. The minimum Gasteiger partial charge on any atom is -0.496 e. The molecule has 3 heterocycles. The molecule has 1 aromatic heterocycles. The normalized spacial score (nSPS) is 15.3. The van der Waals surface area contributed by atoms with Crippen molar-refractivity contribution in [1.29, 1.82) is 0 Å². The number of hydrogen-bond donors (Lipinski definition) is 0. The van der Waals surface area contributed by atoms with Gasteiger partial charge in [-0.15, -0.1) is 0 Å². The number of nitrogens with zero attached hydrogens (tertiary/aromatic N) is 4. The molecule has 7 nitrogen and oxygen atoms in total. The monoisotopic (exact) mass is 522 g/mol. The Kier molecular flexibility index (Phi) is 6.79. The minimum absolute atomic E-state index is 0.105. The number of benzene rings is 2. The number of rotatable bonds is 4. The smallest absolute Gasteiger partial charge is 0.434 e. The Morgan fingerprint density at radius 1 is 0.895 bits per heavy atom. The molecule has 10 heteroatoms. The summed E-state index contributed by atoms with van der Waals surface area (Å²) in [5.74, 6) is -0.602. The van der Waals surface area contributed by atoms with Crippen LogP contribution in [0.15, 0.2) is 66.9 Å². The molecule has 0 spiro atoms. The van der Waals surface area contributed by atoms with Gasteiger partial charge >= 0.3 is 6.18 Å². The van der Waals surface area contributed by atoms with E-state index in [2.05, 4.69) is 22.0 Å². The first kappa shape index (κ1) is 25.3. The summed E-state index contributed by atoms with van der Waals surface area (Å²) in [6.07, 6.45) is 0.413. The van der Waals surface area contributed by atoms with Gasteiger partial charge in [0.1, 0.15) is 5.75 Å². The van der Waals surface area contributed by atoms with E-state index in [0.29, 0.717) is 17.9 Å². The Morgan fingerprint density at radius 2 is 1.58 bits per heavy atom. The number of carbonyl (C=O) groups is 2. The highest BCUT2D eigenvalue weighted by Crippen LogP contribution is 2.35. The fraction of sp³-hybridized carbons (Fsp3) is 0.250. The molecule has 5 rings (SSSR count). The Hall–Kier alpha value is -4.34. The molecule has 3 aromatic rings. The molecule has 0 unspecified atom stereocenters. The summed E-state index contributed by atoms with van der Waals surface area (Å²) in [5, 5.41) is 0. The van der Waals surface area contributed by atoms with E-state index in [4.69, 9.17) is 4.74 Å². The van der Waals surface area contributed by atoms with Crippen molar-refractivity contribution in [2.45, 2.75) is 6.18 Å². The van der Waals surface area contributed by atoms with Gasteiger partial charge in [0.05, 0.1) is 18.2 Å². The number of amides is 2. The predicted molar refractivity (Wildman–Crippen MR) is 137 cm³/mol. The summed E-state index contributed by atoms with van der Waals surface area (Å²) >= 11 is 0. The average Bonchev–Trinajstić information content (AvgIpc) is 2.95. The first-order valence-electron chi connectivity index (χ1n) is 12.1. The maximum absolute atomic E-state index is 13.4. The number of aromatic nitrogens is 1. The molecule has 1 saturated heterocycles. The van der Waals surface area contributed by atoms with Crippen LogP contribution in [-0.2, 0) is 6.18 Å². The summed E-state index contributed by atoms with van der Waals surface area (Å²) in [6, 6.07) is 15.9. The zero-order valence-electron chi connectivity index (χ0n) is 20.6. The van der Waals surface area contributed by atoms with Gasteiger partial charge in [-0.2, -0.15) is 13.2 Å². The van der Waals surface area contributed by atoms with Gasteiger partial charge in [0.2, 0.25) is 0 Å². The molecule has 196 valence electrons. The van der Waals surface area contributed by atoms with Gasteiger partial charge in [-0.1, -0.05) is 30.4 Å². The third kappa shape index (κ3) is 4.81. The Bertz CT molecular complexity index is 1400. The number of alkyl halides is 3. The van der Waals surface area contributed by atoms with Crippen LogP contribution in [0.2, 0.25) is 0 Å². The summed E-state index contributed by atoms with van der Waals surface area (Å²) in [6.45, 7) is 1.25. The molecular weight excluding hydrogens is 497 g/mol. The van der Waals surface area contributed by atoms with Crippen molar-refractivity contribution in [1.82, 2.24) is 14.8 Å². The van der Waals surface area contributed by atoms with Gasteiger partial charge in [-0.25, -0.2) is 0 Å². The lowest BCUT2D eigenvalue weighted by Crippen LogP contribution is -2.51. The second-order valence-corrected chi connectivity index (χ2v) is 8.94. The SMILES string of the molecule is COc1cc(N2CC=Cc3ccccc32)ccc1C(=O)N1CCN(C(=O)c2cccnc2C(F)(F)F)CC1. The third-order valence-electron chi connectivity index (χ3n) is 6.70. The van der Waals surface area contributed by atoms with Crippen LogP contribution < -0.4 is 9.64 Å². The van der Waals surface area contributed by atoms with E-state index in [9.17, 15) is 22.8 Å². The number of pyridine rings is 1. The van der Waals surface area contributed by atoms with Gasteiger partial charge in [0, 0.05) is 56.4 Å². The molecule has 0 N–H and O–H groups in total. The van der Waals surface area contributed by atoms with Crippen molar-refractivity contribution in [2.24, 2.45) is 0 Å². The maximum Gasteiger partial charge on any atom is 0.434 e. The lowest BCUT2D eigenvalue weighted by Gasteiger charge is -2.35. The number of para-hydroxylation sites is 1. The van der Waals surface area contributed by atoms with E-state index in [0.717, 1.165) is 29.2 Å². The third-order valence-corrected chi connectivity index (χ3v) is 6.70. The zero-order chi connectivity index (χ0) is 26.9. The number of hydrogen-bond acceptors (Lipinski definition) is 5. The number of anilines is 2. The predicted octanol–water partition coefficient (Wildman–Crippen LogP) is 4.87. The summed E-state index contributed by atoms with van der Waals surface area (Å²) in [4.78, 5) is 34.6.